The lowest BCUT2D eigenvalue weighted by molar-refractivity contribution is -0.228. The largest absolute Gasteiger partial charge is 0.480 e. The molecular weight excluding hydrogens is 334 g/mol. The molecule has 2 N–H and O–H groups in total. The van der Waals surface area contributed by atoms with Crippen molar-refractivity contribution in [1.29, 1.82) is 0 Å². The van der Waals surface area contributed by atoms with Crippen molar-refractivity contribution in [3.8, 4) is 0 Å². The summed E-state index contributed by atoms with van der Waals surface area (Å²) < 4.78 is 27.7. The minimum Gasteiger partial charge on any atom is -0.480 e. The maximum absolute atomic E-state index is 11.9. The second kappa shape index (κ2) is 7.06. The average Bonchev–Trinajstić information content (AvgIpc) is 2.89. The molecule has 2 fully saturated rings. The summed E-state index contributed by atoms with van der Waals surface area (Å²) in [4.78, 5) is 23.4. The maximum atomic E-state index is 11.9. The minimum atomic E-state index is -1.19. The lowest BCUT2D eigenvalue weighted by Gasteiger charge is -2.26. The van der Waals surface area contributed by atoms with Crippen LogP contribution in [0.2, 0.25) is 0 Å². The first-order valence-electron chi connectivity index (χ1n) is 8.18. The van der Waals surface area contributed by atoms with E-state index in [0.717, 1.165) is 0 Å². The molecule has 0 aromatic carbocycles. The highest BCUT2D eigenvalue weighted by atomic mass is 16.8. The second-order valence-corrected chi connectivity index (χ2v) is 7.62. The van der Waals surface area contributed by atoms with Gasteiger partial charge < -0.3 is 34.1 Å². The smallest absolute Gasteiger partial charge is 0.408 e. The molecule has 0 radical (unpaired) electrons. The van der Waals surface area contributed by atoms with Gasteiger partial charge in [-0.3, -0.25) is 0 Å². The van der Waals surface area contributed by atoms with Gasteiger partial charge in [0.15, 0.2) is 12.1 Å². The van der Waals surface area contributed by atoms with Gasteiger partial charge in [-0.05, 0) is 34.6 Å². The predicted octanol–water partition coefficient (Wildman–Crippen LogP) is 1.25. The number of alkyl carbamates (subject to hydrolysis) is 1. The van der Waals surface area contributed by atoms with E-state index in [1.54, 1.807) is 34.6 Å². The zero-order valence-electron chi connectivity index (χ0n) is 15.4. The number of carboxylic acids is 1. The van der Waals surface area contributed by atoms with Crippen molar-refractivity contribution >= 4 is 12.1 Å². The molecule has 0 aromatic heterocycles. The van der Waals surface area contributed by atoms with Gasteiger partial charge in [-0.25, -0.2) is 9.59 Å². The number of carbonyl (C=O) groups is 2. The van der Waals surface area contributed by atoms with E-state index in [0.29, 0.717) is 0 Å². The van der Waals surface area contributed by atoms with Crippen molar-refractivity contribution in [2.75, 3.05) is 7.11 Å². The van der Waals surface area contributed by atoms with Crippen LogP contribution in [0.25, 0.3) is 0 Å². The lowest BCUT2D eigenvalue weighted by Crippen LogP contribution is -2.46. The molecule has 2 aliphatic heterocycles. The Balaban J connectivity index is 2.04. The second-order valence-electron chi connectivity index (χ2n) is 7.62. The quantitative estimate of drug-likeness (QED) is 0.752. The molecule has 0 spiro atoms. The van der Waals surface area contributed by atoms with Crippen LogP contribution in [0, 0.1) is 0 Å². The van der Waals surface area contributed by atoms with Crippen LogP contribution in [0.15, 0.2) is 0 Å². The zero-order valence-corrected chi connectivity index (χ0v) is 15.4. The third-order valence-electron chi connectivity index (χ3n) is 3.80. The fourth-order valence-electron chi connectivity index (χ4n) is 2.93. The number of carbonyl (C=O) groups excluding carboxylic acids is 1. The van der Waals surface area contributed by atoms with Crippen molar-refractivity contribution < 1.29 is 38.4 Å². The summed E-state index contributed by atoms with van der Waals surface area (Å²) in [6, 6.07) is -1.19. The first-order chi connectivity index (χ1) is 11.4. The maximum Gasteiger partial charge on any atom is 0.408 e. The Bertz CT molecular complexity index is 515. The zero-order chi connectivity index (χ0) is 19.0. The Morgan fingerprint density at radius 1 is 1.24 bits per heavy atom. The molecule has 9 heteroatoms. The molecule has 0 aliphatic carbocycles. The van der Waals surface area contributed by atoms with Gasteiger partial charge in [-0.2, -0.15) is 0 Å². The summed E-state index contributed by atoms with van der Waals surface area (Å²) in [5, 5.41) is 11.8. The molecule has 1 amide bonds. The van der Waals surface area contributed by atoms with E-state index in [4.69, 9.17) is 23.7 Å². The molecule has 2 aliphatic rings. The highest BCUT2D eigenvalue weighted by molar-refractivity contribution is 5.80. The van der Waals surface area contributed by atoms with E-state index in [1.807, 2.05) is 0 Å². The molecule has 0 bridgehead atoms. The number of methoxy groups -OCH3 is 1. The van der Waals surface area contributed by atoms with Gasteiger partial charge in [-0.1, -0.05) is 0 Å². The average molecular weight is 361 g/mol. The van der Waals surface area contributed by atoms with Crippen LogP contribution in [0.3, 0.4) is 0 Å². The van der Waals surface area contributed by atoms with Crippen LogP contribution >= 0.6 is 0 Å². The highest BCUT2D eigenvalue weighted by Crippen LogP contribution is 2.40. The Hall–Kier alpha value is -1.42. The third kappa shape index (κ3) is 5.04. The molecule has 2 rings (SSSR count). The molecule has 25 heavy (non-hydrogen) atoms. The van der Waals surface area contributed by atoms with Gasteiger partial charge in [0.2, 0.25) is 0 Å². The van der Waals surface area contributed by atoms with Crippen LogP contribution in [0.5, 0.6) is 0 Å². The summed E-state index contributed by atoms with van der Waals surface area (Å²) in [5.41, 5.74) is -0.727. The van der Waals surface area contributed by atoms with Crippen molar-refractivity contribution in [3.05, 3.63) is 0 Å². The third-order valence-corrected chi connectivity index (χ3v) is 3.80. The van der Waals surface area contributed by atoms with Crippen molar-refractivity contribution in [2.24, 2.45) is 0 Å². The van der Waals surface area contributed by atoms with E-state index >= 15 is 0 Å². The first kappa shape index (κ1) is 19.9. The molecule has 2 heterocycles. The van der Waals surface area contributed by atoms with Crippen LogP contribution < -0.4 is 5.32 Å². The van der Waals surface area contributed by atoms with Crippen LogP contribution in [-0.2, 0) is 28.5 Å². The monoisotopic (exact) mass is 361 g/mol. The van der Waals surface area contributed by atoms with Gasteiger partial charge in [0.1, 0.15) is 23.9 Å². The van der Waals surface area contributed by atoms with Gasteiger partial charge in [0.25, 0.3) is 0 Å². The predicted molar refractivity (Wildman–Crippen MR) is 84.9 cm³/mol. The number of carboxylic acid groups (broad SMARTS) is 1. The highest BCUT2D eigenvalue weighted by Gasteiger charge is 2.56. The van der Waals surface area contributed by atoms with Crippen LogP contribution in [0.4, 0.5) is 4.79 Å². The molecule has 5 atom stereocenters. The van der Waals surface area contributed by atoms with Crippen molar-refractivity contribution in [3.63, 3.8) is 0 Å². The fourth-order valence-corrected chi connectivity index (χ4v) is 2.93. The number of rotatable bonds is 5. The normalized spacial score (nSPS) is 32.1. The first-order valence-corrected chi connectivity index (χ1v) is 8.18. The number of nitrogens with one attached hydrogen (secondary N) is 1. The van der Waals surface area contributed by atoms with Gasteiger partial charge in [0.05, 0.1) is 6.10 Å². The standard InChI is InChI=1S/C16H27NO8/c1-15(2,3)25-14(20)17-8(12(18)19)7-9-10-11(13(21-6)22-9)24-16(4,5)23-10/h8-11,13H,7H2,1-6H3,(H,17,20)(H,18,19)/t8-,9?,10?,11?,13?/m0/s1. The number of ether oxygens (including phenoxy) is 5. The summed E-state index contributed by atoms with van der Waals surface area (Å²) in [5.74, 6) is -2.00. The summed E-state index contributed by atoms with van der Waals surface area (Å²) in [6.45, 7) is 8.62. The molecule has 2 saturated heterocycles. The summed E-state index contributed by atoms with van der Waals surface area (Å²) in [6.07, 6.45) is -3.01. The number of amides is 1. The summed E-state index contributed by atoms with van der Waals surface area (Å²) >= 11 is 0. The fraction of sp³-hybridized carbons (Fsp3) is 0.875. The van der Waals surface area contributed by atoms with E-state index < -0.39 is 54.1 Å². The Morgan fingerprint density at radius 2 is 1.84 bits per heavy atom. The molecular formula is C16H27NO8. The van der Waals surface area contributed by atoms with Crippen LogP contribution in [0.1, 0.15) is 41.0 Å². The van der Waals surface area contributed by atoms with Gasteiger partial charge in [0, 0.05) is 13.5 Å². The number of fused-ring (bicyclic) bond motifs is 1. The Morgan fingerprint density at radius 3 is 2.36 bits per heavy atom. The molecule has 0 saturated carbocycles. The van der Waals surface area contributed by atoms with Crippen molar-refractivity contribution in [2.45, 2.75) is 83.1 Å². The van der Waals surface area contributed by atoms with Gasteiger partial charge >= 0.3 is 12.1 Å². The SMILES string of the molecule is COC1OC(C[C@H](NC(=O)OC(C)(C)C)C(=O)O)C2OC(C)(C)OC12. The van der Waals surface area contributed by atoms with E-state index in [1.165, 1.54) is 7.11 Å². The van der Waals surface area contributed by atoms with E-state index in [-0.39, 0.29) is 6.42 Å². The Kier molecular flexibility index (Phi) is 5.62. The lowest BCUT2D eigenvalue weighted by atomic mass is 10.0. The van der Waals surface area contributed by atoms with E-state index in [9.17, 15) is 14.7 Å². The van der Waals surface area contributed by atoms with Crippen LogP contribution in [-0.4, -0.2) is 66.3 Å². The molecule has 9 nitrogen and oxygen atoms in total. The Labute approximate surface area is 146 Å². The summed E-state index contributed by atoms with van der Waals surface area (Å²) in [7, 11) is 1.48. The molecule has 0 aromatic rings. The number of aliphatic carboxylic acids is 1. The van der Waals surface area contributed by atoms with E-state index in [2.05, 4.69) is 5.32 Å². The molecule has 144 valence electrons. The van der Waals surface area contributed by atoms with Gasteiger partial charge in [-0.15, -0.1) is 0 Å². The van der Waals surface area contributed by atoms with Crippen molar-refractivity contribution in [1.82, 2.24) is 5.32 Å². The minimum absolute atomic E-state index is 0.00492. The number of hydrogen-bond acceptors (Lipinski definition) is 7. The molecule has 4 unspecified atom stereocenters. The number of hydrogen-bond donors (Lipinski definition) is 2. The topological polar surface area (TPSA) is 113 Å².